The van der Waals surface area contributed by atoms with Crippen molar-refractivity contribution in [2.24, 2.45) is 11.3 Å². The maximum absolute atomic E-state index is 5.79. The number of rotatable bonds is 9. The van der Waals surface area contributed by atoms with E-state index in [1.54, 1.807) is 0 Å². The van der Waals surface area contributed by atoms with Gasteiger partial charge in [0.2, 0.25) is 0 Å². The summed E-state index contributed by atoms with van der Waals surface area (Å²) in [5.41, 5.74) is 0.338. The molecule has 1 unspecified atom stereocenters. The van der Waals surface area contributed by atoms with Gasteiger partial charge in [-0.1, -0.05) is 52.8 Å². The first kappa shape index (κ1) is 17.0. The number of hydrogen-bond donors (Lipinski definition) is 1. The van der Waals surface area contributed by atoms with E-state index in [4.69, 9.17) is 4.74 Å². The van der Waals surface area contributed by atoms with E-state index < -0.39 is 0 Å². The average molecular weight is 277 g/mol. The first-order valence-corrected chi connectivity index (χ1v) is 7.85. The van der Waals surface area contributed by atoms with Crippen LogP contribution in [0.4, 0.5) is 0 Å². The van der Waals surface area contributed by atoms with Crippen LogP contribution in [-0.2, 0) is 0 Å². The minimum atomic E-state index is 0.338. The van der Waals surface area contributed by atoms with E-state index in [0.717, 1.165) is 25.3 Å². The summed E-state index contributed by atoms with van der Waals surface area (Å²) in [7, 11) is 0. The molecule has 114 valence electrons. The molecule has 20 heavy (non-hydrogen) atoms. The van der Waals surface area contributed by atoms with Crippen molar-refractivity contribution in [3.8, 4) is 5.75 Å². The maximum Gasteiger partial charge on any atom is 0.119 e. The van der Waals surface area contributed by atoms with E-state index in [0.29, 0.717) is 17.4 Å². The fourth-order valence-corrected chi connectivity index (χ4v) is 2.20. The summed E-state index contributed by atoms with van der Waals surface area (Å²) in [6, 6.07) is 10.6. The Kier molecular flexibility index (Phi) is 7.08. The molecule has 1 N–H and O–H groups in total. The van der Waals surface area contributed by atoms with Gasteiger partial charge in [-0.15, -0.1) is 0 Å². The van der Waals surface area contributed by atoms with Crippen LogP contribution < -0.4 is 10.1 Å². The van der Waals surface area contributed by atoms with Crippen molar-refractivity contribution >= 4 is 0 Å². The van der Waals surface area contributed by atoms with Crippen LogP contribution in [0.2, 0.25) is 0 Å². The summed E-state index contributed by atoms with van der Waals surface area (Å²) in [5.74, 6) is 1.64. The third kappa shape index (κ3) is 5.96. The van der Waals surface area contributed by atoms with E-state index in [-0.39, 0.29) is 0 Å². The summed E-state index contributed by atoms with van der Waals surface area (Å²) >= 11 is 0. The van der Waals surface area contributed by atoms with E-state index in [1.165, 1.54) is 6.42 Å². The molecule has 0 radical (unpaired) electrons. The maximum atomic E-state index is 5.79. The van der Waals surface area contributed by atoms with Crippen LogP contribution in [0.1, 0.15) is 47.5 Å². The lowest BCUT2D eigenvalue weighted by Crippen LogP contribution is -2.39. The van der Waals surface area contributed by atoms with Crippen molar-refractivity contribution in [2.75, 3.05) is 13.2 Å². The second-order valence-electron chi connectivity index (χ2n) is 6.61. The lowest BCUT2D eigenvalue weighted by atomic mass is 9.75. The Balaban J connectivity index is 2.35. The zero-order valence-corrected chi connectivity index (χ0v) is 13.8. The minimum Gasteiger partial charge on any atom is -0.494 e. The zero-order chi connectivity index (χ0) is 15.0. The number of hydrogen-bond acceptors (Lipinski definition) is 2. The largest absolute Gasteiger partial charge is 0.494 e. The van der Waals surface area contributed by atoms with Gasteiger partial charge < -0.3 is 10.1 Å². The van der Waals surface area contributed by atoms with Gasteiger partial charge in [0, 0.05) is 12.6 Å². The molecule has 1 aromatic rings. The summed E-state index contributed by atoms with van der Waals surface area (Å²) < 4.78 is 5.79. The lowest BCUT2D eigenvalue weighted by Gasteiger charge is -2.35. The summed E-state index contributed by atoms with van der Waals surface area (Å²) in [5, 5.41) is 3.59. The van der Waals surface area contributed by atoms with Gasteiger partial charge in [-0.3, -0.25) is 0 Å². The Hall–Kier alpha value is -1.02. The van der Waals surface area contributed by atoms with Gasteiger partial charge in [-0.2, -0.15) is 0 Å². The van der Waals surface area contributed by atoms with Crippen LogP contribution in [0.3, 0.4) is 0 Å². The standard InChI is InChI=1S/C18H31NO/c1-15(2)18(5,14-19-16(3)4)12-9-13-20-17-10-7-6-8-11-17/h6-8,10-11,15-16,19H,9,12-14H2,1-5H3. The minimum absolute atomic E-state index is 0.338. The van der Waals surface area contributed by atoms with E-state index in [2.05, 4.69) is 39.9 Å². The highest BCUT2D eigenvalue weighted by molar-refractivity contribution is 5.20. The van der Waals surface area contributed by atoms with Crippen molar-refractivity contribution in [1.29, 1.82) is 0 Å². The van der Waals surface area contributed by atoms with Gasteiger partial charge in [0.1, 0.15) is 5.75 Å². The highest BCUT2D eigenvalue weighted by Crippen LogP contribution is 2.31. The van der Waals surface area contributed by atoms with Crippen molar-refractivity contribution < 1.29 is 4.74 Å². The Labute approximate surface area is 124 Å². The number of nitrogens with one attached hydrogen (secondary N) is 1. The Morgan fingerprint density at radius 2 is 1.75 bits per heavy atom. The smallest absolute Gasteiger partial charge is 0.119 e. The van der Waals surface area contributed by atoms with Crippen LogP contribution in [0.5, 0.6) is 5.75 Å². The average Bonchev–Trinajstić information content (AvgIpc) is 2.42. The molecule has 2 heteroatoms. The molecule has 0 aliphatic heterocycles. The molecule has 0 heterocycles. The molecule has 2 nitrogen and oxygen atoms in total. The Morgan fingerprint density at radius 3 is 2.30 bits per heavy atom. The molecule has 1 atom stereocenters. The number of benzene rings is 1. The molecule has 0 amide bonds. The second kappa shape index (κ2) is 8.31. The van der Waals surface area contributed by atoms with E-state index in [9.17, 15) is 0 Å². The molecule has 0 fully saturated rings. The fraction of sp³-hybridized carbons (Fsp3) is 0.667. The van der Waals surface area contributed by atoms with Crippen LogP contribution in [0.25, 0.3) is 0 Å². The predicted molar refractivity (Wildman–Crippen MR) is 87.3 cm³/mol. The third-order valence-corrected chi connectivity index (χ3v) is 4.21. The van der Waals surface area contributed by atoms with Crippen molar-refractivity contribution in [1.82, 2.24) is 5.32 Å². The lowest BCUT2D eigenvalue weighted by molar-refractivity contribution is 0.167. The van der Waals surface area contributed by atoms with Crippen LogP contribution in [0, 0.1) is 11.3 Å². The summed E-state index contributed by atoms with van der Waals surface area (Å²) in [4.78, 5) is 0. The molecule has 0 aliphatic carbocycles. The summed E-state index contributed by atoms with van der Waals surface area (Å²) in [6.07, 6.45) is 2.29. The summed E-state index contributed by atoms with van der Waals surface area (Å²) in [6.45, 7) is 13.3. The van der Waals surface area contributed by atoms with E-state index in [1.807, 2.05) is 30.3 Å². The van der Waals surface area contributed by atoms with Crippen LogP contribution >= 0.6 is 0 Å². The first-order chi connectivity index (χ1) is 9.44. The van der Waals surface area contributed by atoms with Gasteiger partial charge in [0.25, 0.3) is 0 Å². The third-order valence-electron chi connectivity index (χ3n) is 4.21. The van der Waals surface area contributed by atoms with Crippen molar-refractivity contribution in [2.45, 2.75) is 53.5 Å². The first-order valence-electron chi connectivity index (χ1n) is 7.85. The molecular weight excluding hydrogens is 246 g/mol. The van der Waals surface area contributed by atoms with Gasteiger partial charge in [-0.05, 0) is 36.3 Å². The van der Waals surface area contributed by atoms with Crippen LogP contribution in [-0.4, -0.2) is 19.2 Å². The Morgan fingerprint density at radius 1 is 1.10 bits per heavy atom. The second-order valence-corrected chi connectivity index (χ2v) is 6.61. The fourth-order valence-electron chi connectivity index (χ4n) is 2.20. The highest BCUT2D eigenvalue weighted by Gasteiger charge is 2.27. The van der Waals surface area contributed by atoms with E-state index >= 15 is 0 Å². The van der Waals surface area contributed by atoms with Gasteiger partial charge in [0.15, 0.2) is 0 Å². The van der Waals surface area contributed by atoms with Gasteiger partial charge >= 0.3 is 0 Å². The van der Waals surface area contributed by atoms with Crippen molar-refractivity contribution in [3.05, 3.63) is 30.3 Å². The molecule has 0 saturated heterocycles. The molecule has 0 bridgehead atoms. The molecule has 0 aromatic heterocycles. The highest BCUT2D eigenvalue weighted by atomic mass is 16.5. The zero-order valence-electron chi connectivity index (χ0n) is 13.8. The normalized spacial score (nSPS) is 14.6. The molecule has 0 aliphatic rings. The topological polar surface area (TPSA) is 21.3 Å². The molecular formula is C18H31NO. The molecule has 1 aromatic carbocycles. The number of ether oxygens (including phenoxy) is 1. The van der Waals surface area contributed by atoms with Gasteiger partial charge in [0.05, 0.1) is 6.61 Å². The SMILES string of the molecule is CC(C)NCC(C)(CCCOc1ccccc1)C(C)C. The monoisotopic (exact) mass is 277 g/mol. The van der Waals surface area contributed by atoms with Crippen LogP contribution in [0.15, 0.2) is 30.3 Å². The molecule has 1 rings (SSSR count). The Bertz CT molecular complexity index is 361. The van der Waals surface area contributed by atoms with Gasteiger partial charge in [-0.25, -0.2) is 0 Å². The molecule has 0 spiro atoms. The quantitative estimate of drug-likeness (QED) is 0.671. The van der Waals surface area contributed by atoms with Crippen molar-refractivity contribution in [3.63, 3.8) is 0 Å². The number of para-hydroxylation sites is 1. The predicted octanol–water partition coefficient (Wildman–Crippen LogP) is 4.51. The molecule has 0 saturated carbocycles.